The predicted octanol–water partition coefficient (Wildman–Crippen LogP) is 5.24. The largest absolute Gasteiger partial charge is 0.396 e. The molecule has 3 heteroatoms. The molecular formula is C18H26ClFO. The molecule has 1 saturated carbocycles. The molecule has 21 heavy (non-hydrogen) atoms. The van der Waals surface area contributed by atoms with Crippen molar-refractivity contribution in [3.8, 4) is 0 Å². The van der Waals surface area contributed by atoms with Crippen molar-refractivity contribution in [1.29, 1.82) is 0 Å². The van der Waals surface area contributed by atoms with Crippen molar-refractivity contribution in [2.45, 2.75) is 52.9 Å². The van der Waals surface area contributed by atoms with Crippen molar-refractivity contribution in [2.24, 2.45) is 16.7 Å². The molecule has 2 rings (SSSR count). The lowest BCUT2D eigenvalue weighted by atomic mass is 9.62. The molecule has 1 fully saturated rings. The van der Waals surface area contributed by atoms with E-state index >= 15 is 0 Å². The predicted molar refractivity (Wildman–Crippen MR) is 86.0 cm³/mol. The zero-order valence-corrected chi connectivity index (χ0v) is 14.0. The number of hydrogen-bond donors (Lipinski definition) is 1. The van der Waals surface area contributed by atoms with Gasteiger partial charge in [0.2, 0.25) is 0 Å². The SMILES string of the molecule is CC(C)(C)C1CCC(CO)(Cc2c(F)cccc2Cl)CC1. The summed E-state index contributed by atoms with van der Waals surface area (Å²) in [5, 5.41) is 10.4. The van der Waals surface area contributed by atoms with Crippen molar-refractivity contribution in [2.75, 3.05) is 6.61 Å². The molecule has 118 valence electrons. The first-order chi connectivity index (χ1) is 9.77. The van der Waals surface area contributed by atoms with Crippen LogP contribution in [-0.2, 0) is 6.42 Å². The Morgan fingerprint density at radius 3 is 2.38 bits per heavy atom. The Labute approximate surface area is 132 Å². The van der Waals surface area contributed by atoms with Gasteiger partial charge in [-0.1, -0.05) is 38.4 Å². The molecule has 1 aliphatic carbocycles. The van der Waals surface area contributed by atoms with Gasteiger partial charge in [0, 0.05) is 17.2 Å². The number of hydrogen-bond acceptors (Lipinski definition) is 1. The molecule has 1 aromatic carbocycles. The van der Waals surface area contributed by atoms with Gasteiger partial charge in [0.15, 0.2) is 0 Å². The normalized spacial score (nSPS) is 26.9. The van der Waals surface area contributed by atoms with Crippen LogP contribution in [0.25, 0.3) is 0 Å². The molecule has 0 aliphatic heterocycles. The quantitative estimate of drug-likeness (QED) is 0.809. The van der Waals surface area contributed by atoms with Crippen molar-refractivity contribution >= 4 is 11.6 Å². The van der Waals surface area contributed by atoms with Crippen LogP contribution in [-0.4, -0.2) is 11.7 Å². The van der Waals surface area contributed by atoms with E-state index in [1.165, 1.54) is 6.07 Å². The summed E-state index contributed by atoms with van der Waals surface area (Å²) in [5.74, 6) is 0.418. The molecule has 0 atom stereocenters. The molecule has 0 aromatic heterocycles. The monoisotopic (exact) mass is 312 g/mol. The molecule has 0 unspecified atom stereocenters. The average molecular weight is 313 g/mol. The maximum Gasteiger partial charge on any atom is 0.127 e. The highest BCUT2D eigenvalue weighted by Gasteiger charge is 2.39. The van der Waals surface area contributed by atoms with E-state index in [-0.39, 0.29) is 17.8 Å². The van der Waals surface area contributed by atoms with Crippen LogP contribution in [0, 0.1) is 22.6 Å². The second-order valence-corrected chi connectivity index (χ2v) is 8.08. The van der Waals surface area contributed by atoms with Gasteiger partial charge in [-0.25, -0.2) is 4.39 Å². The number of halogens is 2. The minimum Gasteiger partial charge on any atom is -0.396 e. The Bertz CT molecular complexity index is 464. The van der Waals surface area contributed by atoms with Crippen LogP contribution in [0.1, 0.15) is 52.0 Å². The summed E-state index contributed by atoms with van der Waals surface area (Å²) in [5.41, 5.74) is 0.646. The first kappa shape index (κ1) is 16.8. The second kappa shape index (κ2) is 6.26. The van der Waals surface area contributed by atoms with Gasteiger partial charge in [-0.3, -0.25) is 0 Å². The summed E-state index contributed by atoms with van der Waals surface area (Å²) >= 11 is 6.15. The molecule has 0 saturated heterocycles. The van der Waals surface area contributed by atoms with Crippen molar-refractivity contribution < 1.29 is 9.50 Å². The van der Waals surface area contributed by atoms with Gasteiger partial charge in [-0.15, -0.1) is 0 Å². The van der Waals surface area contributed by atoms with Crippen LogP contribution in [0.2, 0.25) is 5.02 Å². The summed E-state index contributed by atoms with van der Waals surface area (Å²) in [6.45, 7) is 6.93. The smallest absolute Gasteiger partial charge is 0.127 e. The van der Waals surface area contributed by atoms with Gasteiger partial charge in [-0.2, -0.15) is 0 Å². The summed E-state index contributed by atoms with van der Waals surface area (Å²) in [4.78, 5) is 0. The van der Waals surface area contributed by atoms with Crippen LogP contribution < -0.4 is 0 Å². The number of aliphatic hydroxyl groups is 1. The molecule has 0 spiro atoms. The van der Waals surface area contributed by atoms with Crippen LogP contribution in [0.15, 0.2) is 18.2 Å². The summed E-state index contributed by atoms with van der Waals surface area (Å²) in [6, 6.07) is 4.81. The maximum absolute atomic E-state index is 14.0. The van der Waals surface area contributed by atoms with Crippen molar-refractivity contribution in [1.82, 2.24) is 0 Å². The Balaban J connectivity index is 2.14. The summed E-state index contributed by atoms with van der Waals surface area (Å²) < 4.78 is 14.0. The third-order valence-corrected chi connectivity index (χ3v) is 5.57. The van der Waals surface area contributed by atoms with Gasteiger partial charge < -0.3 is 5.11 Å². The Morgan fingerprint density at radius 2 is 1.90 bits per heavy atom. The van der Waals surface area contributed by atoms with Gasteiger partial charge in [0.25, 0.3) is 0 Å². The third-order valence-electron chi connectivity index (χ3n) is 5.22. The topological polar surface area (TPSA) is 20.2 Å². The minimum absolute atomic E-state index is 0.106. The highest BCUT2D eigenvalue weighted by Crippen LogP contribution is 2.47. The van der Waals surface area contributed by atoms with E-state index in [4.69, 9.17) is 11.6 Å². The Kier molecular flexibility index (Phi) is 4.99. The van der Waals surface area contributed by atoms with Crippen molar-refractivity contribution in [3.63, 3.8) is 0 Å². The second-order valence-electron chi connectivity index (χ2n) is 7.68. The molecule has 1 aliphatic rings. The summed E-state index contributed by atoms with van der Waals surface area (Å²) in [7, 11) is 0. The number of rotatable bonds is 3. The van der Waals surface area contributed by atoms with E-state index in [0.29, 0.717) is 28.3 Å². The van der Waals surface area contributed by atoms with Gasteiger partial charge in [-0.05, 0) is 61.0 Å². The maximum atomic E-state index is 14.0. The van der Waals surface area contributed by atoms with Gasteiger partial charge in [0.1, 0.15) is 5.82 Å². The van der Waals surface area contributed by atoms with Gasteiger partial charge in [0.05, 0.1) is 0 Å². The minimum atomic E-state index is -0.256. The number of aliphatic hydroxyl groups excluding tert-OH is 1. The van der Waals surface area contributed by atoms with Gasteiger partial charge >= 0.3 is 0 Å². The van der Waals surface area contributed by atoms with E-state index in [0.717, 1.165) is 25.7 Å². The molecule has 1 N–H and O–H groups in total. The van der Waals surface area contributed by atoms with Crippen molar-refractivity contribution in [3.05, 3.63) is 34.6 Å². The molecule has 0 heterocycles. The lowest BCUT2D eigenvalue weighted by Gasteiger charge is -2.43. The third kappa shape index (κ3) is 3.78. The van der Waals surface area contributed by atoms with E-state index in [1.807, 2.05) is 0 Å². The zero-order valence-electron chi connectivity index (χ0n) is 13.3. The molecule has 1 aromatic rings. The highest BCUT2D eigenvalue weighted by molar-refractivity contribution is 6.31. The molecule has 0 radical (unpaired) electrons. The summed E-state index contributed by atoms with van der Waals surface area (Å²) in [6.07, 6.45) is 4.60. The lowest BCUT2D eigenvalue weighted by molar-refractivity contribution is 0.0364. The number of benzene rings is 1. The Hall–Kier alpha value is -0.600. The van der Waals surface area contributed by atoms with Crippen LogP contribution in [0.5, 0.6) is 0 Å². The fourth-order valence-electron chi connectivity index (χ4n) is 3.56. The average Bonchev–Trinajstić information content (AvgIpc) is 2.43. The zero-order chi connectivity index (χ0) is 15.7. The first-order valence-electron chi connectivity index (χ1n) is 7.81. The fourth-order valence-corrected chi connectivity index (χ4v) is 3.79. The first-order valence-corrected chi connectivity index (χ1v) is 8.19. The van der Waals surface area contributed by atoms with E-state index in [2.05, 4.69) is 20.8 Å². The van der Waals surface area contributed by atoms with E-state index < -0.39 is 0 Å². The Morgan fingerprint density at radius 1 is 1.29 bits per heavy atom. The van der Waals surface area contributed by atoms with Crippen LogP contribution in [0.4, 0.5) is 4.39 Å². The van der Waals surface area contributed by atoms with Crippen LogP contribution >= 0.6 is 11.6 Å². The molecular weight excluding hydrogens is 287 g/mol. The molecule has 0 amide bonds. The molecule has 0 bridgehead atoms. The fraction of sp³-hybridized carbons (Fsp3) is 0.667. The van der Waals surface area contributed by atoms with Crippen LogP contribution in [0.3, 0.4) is 0 Å². The van der Waals surface area contributed by atoms with E-state index in [9.17, 15) is 9.50 Å². The van der Waals surface area contributed by atoms with E-state index in [1.54, 1.807) is 12.1 Å². The lowest BCUT2D eigenvalue weighted by Crippen LogP contribution is -2.36. The highest BCUT2D eigenvalue weighted by atomic mass is 35.5. The standard InChI is InChI=1S/C18H26ClFO/c1-17(2,3)13-7-9-18(12-21,10-8-13)11-14-15(19)5-4-6-16(14)20/h4-6,13,21H,7-12H2,1-3H3. The molecule has 1 nitrogen and oxygen atoms in total.